The molecule has 0 radical (unpaired) electrons. The zero-order chi connectivity index (χ0) is 21.4. The van der Waals surface area contributed by atoms with E-state index in [0.717, 1.165) is 13.1 Å². The second kappa shape index (κ2) is 15.8. The maximum absolute atomic E-state index is 11.1. The van der Waals surface area contributed by atoms with E-state index in [-0.39, 0.29) is 23.6 Å². The Morgan fingerprint density at radius 1 is 0.464 bits per heavy atom. The Kier molecular flexibility index (Phi) is 14.6. The second-order valence-corrected chi connectivity index (χ2v) is 6.62. The van der Waals surface area contributed by atoms with Crippen LogP contribution in [0.15, 0.2) is 0 Å². The van der Waals surface area contributed by atoms with Crippen LogP contribution in [0.4, 0.5) is 0 Å². The summed E-state index contributed by atoms with van der Waals surface area (Å²) < 4.78 is 0. The van der Waals surface area contributed by atoms with Crippen molar-refractivity contribution in [3.63, 3.8) is 0 Å². The number of carbonyl (C=O) groups excluding carboxylic acids is 4. The molecule has 0 atom stereocenters. The summed E-state index contributed by atoms with van der Waals surface area (Å²) >= 11 is 0. The highest BCUT2D eigenvalue weighted by Gasteiger charge is 2.10. The zero-order valence-corrected chi connectivity index (χ0v) is 17.6. The minimum Gasteiger partial charge on any atom is -0.355 e. The summed E-state index contributed by atoms with van der Waals surface area (Å²) in [4.78, 5) is 48.6. The van der Waals surface area contributed by atoms with Crippen LogP contribution in [0.5, 0.6) is 0 Å². The van der Waals surface area contributed by atoms with Gasteiger partial charge >= 0.3 is 0 Å². The molecule has 0 unspecified atom stereocenters. The average molecular weight is 401 g/mol. The number of nitrogens with zero attached hydrogens (tertiary/aromatic N) is 2. The summed E-state index contributed by atoms with van der Waals surface area (Å²) in [5.41, 5.74) is 0. The van der Waals surface area contributed by atoms with E-state index in [0.29, 0.717) is 52.4 Å². The lowest BCUT2D eigenvalue weighted by Gasteiger charge is -2.28. The van der Waals surface area contributed by atoms with E-state index >= 15 is 0 Å². The van der Waals surface area contributed by atoms with E-state index in [4.69, 9.17) is 0 Å². The first-order valence-corrected chi connectivity index (χ1v) is 9.63. The molecule has 10 nitrogen and oxygen atoms in total. The highest BCUT2D eigenvalue weighted by molar-refractivity contribution is 5.73. The Morgan fingerprint density at radius 2 is 0.679 bits per heavy atom. The van der Waals surface area contributed by atoms with Crippen LogP contribution in [0.2, 0.25) is 0 Å². The molecule has 0 aliphatic carbocycles. The van der Waals surface area contributed by atoms with Crippen molar-refractivity contribution in [3.8, 4) is 0 Å². The van der Waals surface area contributed by atoms with Crippen molar-refractivity contribution in [2.45, 2.75) is 27.7 Å². The molecule has 10 heteroatoms. The maximum Gasteiger partial charge on any atom is 0.216 e. The van der Waals surface area contributed by atoms with Crippen LogP contribution in [0.1, 0.15) is 27.7 Å². The molecule has 162 valence electrons. The van der Waals surface area contributed by atoms with E-state index in [9.17, 15) is 19.2 Å². The molecule has 0 aliphatic rings. The van der Waals surface area contributed by atoms with Crippen LogP contribution in [-0.2, 0) is 19.2 Å². The fourth-order valence-corrected chi connectivity index (χ4v) is 2.51. The van der Waals surface area contributed by atoms with Crippen LogP contribution in [0, 0.1) is 0 Å². The minimum absolute atomic E-state index is 0.0750. The summed E-state index contributed by atoms with van der Waals surface area (Å²) in [6.07, 6.45) is 0. The molecule has 0 aliphatic heterocycles. The standard InChI is InChI=1S/C18H36N6O4/c1-15(25)19-5-9-23(10-6-20-16(2)26)13-14-24(11-7-21-17(3)27)12-8-22-18(4)28/h5-14H2,1-4H3,(H,19,25)(H,20,26)(H,21,27)(H,22,28). The molecular formula is C18H36N6O4. The minimum atomic E-state index is -0.0750. The molecule has 0 saturated carbocycles. The largest absolute Gasteiger partial charge is 0.355 e. The predicted octanol–water partition coefficient (Wildman–Crippen LogP) is -1.87. The van der Waals surface area contributed by atoms with Gasteiger partial charge in [-0.3, -0.25) is 29.0 Å². The van der Waals surface area contributed by atoms with E-state index in [2.05, 4.69) is 31.1 Å². The Bertz CT molecular complexity index is 416. The molecular weight excluding hydrogens is 364 g/mol. The number of amides is 4. The van der Waals surface area contributed by atoms with Crippen molar-refractivity contribution < 1.29 is 19.2 Å². The number of hydrogen-bond donors (Lipinski definition) is 4. The summed E-state index contributed by atoms with van der Waals surface area (Å²) in [7, 11) is 0. The van der Waals surface area contributed by atoms with Crippen LogP contribution < -0.4 is 21.3 Å². The second-order valence-electron chi connectivity index (χ2n) is 6.62. The van der Waals surface area contributed by atoms with Crippen LogP contribution in [0.3, 0.4) is 0 Å². The predicted molar refractivity (Wildman–Crippen MR) is 108 cm³/mol. The van der Waals surface area contributed by atoms with Gasteiger partial charge in [0.1, 0.15) is 0 Å². The molecule has 0 bridgehead atoms. The van der Waals surface area contributed by atoms with Crippen molar-refractivity contribution in [1.29, 1.82) is 0 Å². The van der Waals surface area contributed by atoms with Crippen molar-refractivity contribution in [2.75, 3.05) is 65.4 Å². The summed E-state index contributed by atoms with van der Waals surface area (Å²) in [5.74, 6) is -0.300. The van der Waals surface area contributed by atoms with Crippen LogP contribution >= 0.6 is 0 Å². The topological polar surface area (TPSA) is 123 Å². The van der Waals surface area contributed by atoms with Crippen LogP contribution in [-0.4, -0.2) is 98.9 Å². The van der Waals surface area contributed by atoms with Gasteiger partial charge in [-0.25, -0.2) is 0 Å². The Hall–Kier alpha value is -2.20. The quantitative estimate of drug-likeness (QED) is 0.256. The SMILES string of the molecule is CC(=O)NCCN(CCNC(C)=O)CCN(CCNC(C)=O)CCNC(C)=O. The van der Waals surface area contributed by atoms with Gasteiger partial charge in [-0.05, 0) is 0 Å². The Morgan fingerprint density at radius 3 is 0.857 bits per heavy atom. The Balaban J connectivity index is 4.57. The van der Waals surface area contributed by atoms with Gasteiger partial charge < -0.3 is 21.3 Å². The number of rotatable bonds is 15. The first-order valence-electron chi connectivity index (χ1n) is 9.63. The first-order chi connectivity index (χ1) is 13.2. The molecule has 0 aromatic rings. The van der Waals surface area contributed by atoms with Gasteiger partial charge in [0.2, 0.25) is 23.6 Å². The van der Waals surface area contributed by atoms with Gasteiger partial charge in [-0.15, -0.1) is 0 Å². The summed E-state index contributed by atoms with van der Waals surface area (Å²) in [6, 6.07) is 0. The number of hydrogen-bond acceptors (Lipinski definition) is 6. The molecule has 0 rings (SSSR count). The van der Waals surface area contributed by atoms with Gasteiger partial charge in [0.25, 0.3) is 0 Å². The van der Waals surface area contributed by atoms with Crippen LogP contribution in [0.25, 0.3) is 0 Å². The summed E-state index contributed by atoms with van der Waals surface area (Å²) in [6.45, 7) is 12.2. The van der Waals surface area contributed by atoms with Crippen molar-refractivity contribution in [3.05, 3.63) is 0 Å². The molecule has 28 heavy (non-hydrogen) atoms. The Labute approximate surface area is 167 Å². The lowest BCUT2D eigenvalue weighted by atomic mass is 10.3. The fraction of sp³-hybridized carbons (Fsp3) is 0.778. The smallest absolute Gasteiger partial charge is 0.216 e. The lowest BCUT2D eigenvalue weighted by molar-refractivity contribution is -0.120. The molecule has 0 aromatic carbocycles. The molecule has 0 fully saturated rings. The molecule has 0 heterocycles. The van der Waals surface area contributed by atoms with Crippen molar-refractivity contribution >= 4 is 23.6 Å². The third-order valence-electron chi connectivity index (χ3n) is 3.94. The maximum atomic E-state index is 11.1. The van der Waals surface area contributed by atoms with Gasteiger partial charge in [-0.2, -0.15) is 0 Å². The van der Waals surface area contributed by atoms with Crippen molar-refractivity contribution in [2.24, 2.45) is 0 Å². The zero-order valence-electron chi connectivity index (χ0n) is 17.6. The van der Waals surface area contributed by atoms with Crippen molar-refractivity contribution in [1.82, 2.24) is 31.1 Å². The van der Waals surface area contributed by atoms with Gasteiger partial charge in [0, 0.05) is 93.1 Å². The normalized spacial score (nSPS) is 10.6. The molecule has 0 saturated heterocycles. The van der Waals surface area contributed by atoms with E-state index in [1.54, 1.807) is 0 Å². The number of carbonyl (C=O) groups is 4. The third-order valence-corrected chi connectivity index (χ3v) is 3.94. The lowest BCUT2D eigenvalue weighted by Crippen LogP contribution is -2.45. The molecule has 0 aromatic heterocycles. The van der Waals surface area contributed by atoms with Gasteiger partial charge in [0.05, 0.1) is 0 Å². The van der Waals surface area contributed by atoms with E-state index in [1.807, 2.05) is 0 Å². The number of nitrogens with one attached hydrogen (secondary N) is 4. The first kappa shape index (κ1) is 25.8. The fourth-order valence-electron chi connectivity index (χ4n) is 2.51. The highest BCUT2D eigenvalue weighted by Crippen LogP contribution is 1.93. The monoisotopic (exact) mass is 400 g/mol. The molecule has 4 N–H and O–H groups in total. The third kappa shape index (κ3) is 17.2. The average Bonchev–Trinajstić information content (AvgIpc) is 2.57. The molecule has 0 spiro atoms. The van der Waals surface area contributed by atoms with Gasteiger partial charge in [-0.1, -0.05) is 0 Å². The highest BCUT2D eigenvalue weighted by atomic mass is 16.2. The van der Waals surface area contributed by atoms with Gasteiger partial charge in [0.15, 0.2) is 0 Å². The molecule has 4 amide bonds. The summed E-state index contributed by atoms with van der Waals surface area (Å²) in [5, 5.41) is 11.1. The van der Waals surface area contributed by atoms with E-state index < -0.39 is 0 Å². The van der Waals surface area contributed by atoms with E-state index in [1.165, 1.54) is 27.7 Å².